The maximum Gasteiger partial charge on any atom is 0.263 e. The van der Waals surface area contributed by atoms with Gasteiger partial charge in [0.15, 0.2) is 0 Å². The Labute approximate surface area is 103 Å². The molecule has 0 fully saturated rings. The predicted molar refractivity (Wildman–Crippen MR) is 63.7 cm³/mol. The first-order valence-electron chi connectivity index (χ1n) is 5.03. The third-order valence-corrected chi connectivity index (χ3v) is 3.66. The van der Waals surface area contributed by atoms with Crippen molar-refractivity contribution in [1.29, 1.82) is 0 Å². The minimum Gasteiger partial charge on any atom is -0.326 e. The van der Waals surface area contributed by atoms with Gasteiger partial charge < -0.3 is 5.73 Å². The summed E-state index contributed by atoms with van der Waals surface area (Å²) in [5, 5.41) is 6.19. The van der Waals surface area contributed by atoms with Gasteiger partial charge in [-0.15, -0.1) is 0 Å². The SMILES string of the molecule is NCc1cn[nH]c1NS(=O)(=O)c1ccc(F)cc1. The molecule has 4 N–H and O–H groups in total. The number of anilines is 1. The van der Waals surface area contributed by atoms with E-state index in [1.807, 2.05) is 0 Å². The van der Waals surface area contributed by atoms with Crippen LogP contribution in [0.4, 0.5) is 10.2 Å². The summed E-state index contributed by atoms with van der Waals surface area (Å²) in [6, 6.07) is 4.50. The predicted octanol–water partition coefficient (Wildman–Crippen LogP) is 0.808. The van der Waals surface area contributed by atoms with Gasteiger partial charge in [0.1, 0.15) is 11.6 Å². The quantitative estimate of drug-likeness (QED) is 0.765. The highest BCUT2D eigenvalue weighted by atomic mass is 32.2. The van der Waals surface area contributed by atoms with Crippen molar-refractivity contribution in [1.82, 2.24) is 10.2 Å². The maximum absolute atomic E-state index is 12.7. The fourth-order valence-electron chi connectivity index (χ4n) is 1.36. The third-order valence-electron chi connectivity index (χ3n) is 2.30. The van der Waals surface area contributed by atoms with Crippen molar-refractivity contribution < 1.29 is 12.8 Å². The van der Waals surface area contributed by atoms with Gasteiger partial charge in [0.05, 0.1) is 11.1 Å². The lowest BCUT2D eigenvalue weighted by atomic mass is 10.3. The number of nitrogens with two attached hydrogens (primary N) is 1. The summed E-state index contributed by atoms with van der Waals surface area (Å²) >= 11 is 0. The molecule has 0 saturated heterocycles. The fraction of sp³-hybridized carbons (Fsp3) is 0.100. The number of hydrogen-bond acceptors (Lipinski definition) is 4. The van der Waals surface area contributed by atoms with Gasteiger partial charge in [-0.3, -0.25) is 9.82 Å². The number of benzene rings is 1. The van der Waals surface area contributed by atoms with E-state index in [0.717, 1.165) is 12.1 Å². The first-order valence-corrected chi connectivity index (χ1v) is 6.52. The summed E-state index contributed by atoms with van der Waals surface area (Å²) in [6.07, 6.45) is 1.43. The smallest absolute Gasteiger partial charge is 0.263 e. The van der Waals surface area contributed by atoms with Crippen LogP contribution in [0.25, 0.3) is 0 Å². The van der Waals surface area contributed by atoms with Crippen LogP contribution in [0.1, 0.15) is 5.56 Å². The summed E-state index contributed by atoms with van der Waals surface area (Å²) in [7, 11) is -3.78. The van der Waals surface area contributed by atoms with Crippen LogP contribution >= 0.6 is 0 Å². The molecule has 0 saturated carbocycles. The van der Waals surface area contributed by atoms with Crippen LogP contribution in [0.2, 0.25) is 0 Å². The molecule has 2 rings (SSSR count). The Kier molecular flexibility index (Phi) is 3.30. The zero-order chi connectivity index (χ0) is 13.2. The Morgan fingerprint density at radius 1 is 1.33 bits per heavy atom. The van der Waals surface area contributed by atoms with Crippen LogP contribution < -0.4 is 10.5 Å². The zero-order valence-electron chi connectivity index (χ0n) is 9.22. The summed E-state index contributed by atoms with van der Waals surface area (Å²) in [6.45, 7) is 0.151. The normalized spacial score (nSPS) is 11.4. The van der Waals surface area contributed by atoms with Crippen molar-refractivity contribution in [2.45, 2.75) is 11.4 Å². The fourth-order valence-corrected chi connectivity index (χ4v) is 2.42. The molecule has 0 amide bonds. The van der Waals surface area contributed by atoms with Crippen LogP contribution in [0, 0.1) is 5.82 Å². The van der Waals surface area contributed by atoms with Gasteiger partial charge in [-0.25, -0.2) is 12.8 Å². The van der Waals surface area contributed by atoms with Crippen LogP contribution in [0.15, 0.2) is 35.4 Å². The average Bonchev–Trinajstić information content (AvgIpc) is 2.76. The Hall–Kier alpha value is -1.93. The summed E-state index contributed by atoms with van der Waals surface area (Å²) in [4.78, 5) is -0.0403. The lowest BCUT2D eigenvalue weighted by Gasteiger charge is -2.07. The van der Waals surface area contributed by atoms with Gasteiger partial charge in [-0.2, -0.15) is 5.10 Å². The number of hydrogen-bond donors (Lipinski definition) is 3. The van der Waals surface area contributed by atoms with Crippen molar-refractivity contribution >= 4 is 15.8 Å². The second-order valence-electron chi connectivity index (χ2n) is 3.53. The number of aromatic amines is 1. The van der Waals surface area contributed by atoms with E-state index in [-0.39, 0.29) is 17.3 Å². The molecule has 0 unspecified atom stereocenters. The van der Waals surface area contributed by atoms with E-state index in [0.29, 0.717) is 5.56 Å². The number of aromatic nitrogens is 2. The summed E-state index contributed by atoms with van der Waals surface area (Å²) < 4.78 is 38.9. The van der Waals surface area contributed by atoms with E-state index < -0.39 is 15.8 Å². The number of nitrogens with one attached hydrogen (secondary N) is 2. The molecule has 2 aromatic rings. The molecule has 1 aromatic carbocycles. The maximum atomic E-state index is 12.7. The molecule has 1 heterocycles. The van der Waals surface area contributed by atoms with E-state index >= 15 is 0 Å². The standard InChI is InChI=1S/C10H11FN4O2S/c11-8-1-3-9(4-2-8)18(16,17)15-10-7(5-12)6-13-14-10/h1-4,6H,5,12H2,(H2,13,14,15). The van der Waals surface area contributed by atoms with Crippen molar-refractivity contribution in [3.8, 4) is 0 Å². The van der Waals surface area contributed by atoms with Gasteiger partial charge in [0.2, 0.25) is 0 Å². The van der Waals surface area contributed by atoms with E-state index in [2.05, 4.69) is 14.9 Å². The highest BCUT2D eigenvalue weighted by Gasteiger charge is 2.16. The molecular formula is C10H11FN4O2S. The van der Waals surface area contributed by atoms with E-state index in [9.17, 15) is 12.8 Å². The summed E-state index contributed by atoms with van der Waals surface area (Å²) in [5.74, 6) is -0.292. The van der Waals surface area contributed by atoms with Gasteiger partial charge in [0, 0.05) is 12.1 Å². The number of halogens is 1. The van der Waals surface area contributed by atoms with Crippen LogP contribution in [-0.2, 0) is 16.6 Å². The molecule has 0 spiro atoms. The minimum absolute atomic E-state index is 0.0403. The van der Waals surface area contributed by atoms with E-state index in [1.54, 1.807) is 0 Å². The molecule has 0 aliphatic carbocycles. The first kappa shape index (κ1) is 12.5. The number of H-pyrrole nitrogens is 1. The third kappa shape index (κ3) is 2.49. The lowest BCUT2D eigenvalue weighted by Crippen LogP contribution is -2.15. The number of sulfonamides is 1. The van der Waals surface area contributed by atoms with Gasteiger partial charge in [-0.05, 0) is 24.3 Å². The molecule has 0 atom stereocenters. The van der Waals surface area contributed by atoms with Crippen LogP contribution in [0.5, 0.6) is 0 Å². The molecule has 8 heteroatoms. The Morgan fingerprint density at radius 3 is 2.61 bits per heavy atom. The Bertz CT molecular complexity index is 636. The Morgan fingerprint density at radius 2 is 2.00 bits per heavy atom. The number of rotatable bonds is 4. The number of nitrogens with zero attached hydrogens (tertiary/aromatic N) is 1. The largest absolute Gasteiger partial charge is 0.326 e. The second kappa shape index (κ2) is 4.75. The minimum atomic E-state index is -3.78. The van der Waals surface area contributed by atoms with E-state index in [1.165, 1.54) is 18.3 Å². The molecule has 6 nitrogen and oxygen atoms in total. The highest BCUT2D eigenvalue weighted by molar-refractivity contribution is 7.92. The molecule has 0 radical (unpaired) electrons. The summed E-state index contributed by atoms with van der Waals surface area (Å²) in [5.41, 5.74) is 5.97. The molecule has 1 aromatic heterocycles. The monoisotopic (exact) mass is 270 g/mol. The van der Waals surface area contributed by atoms with Gasteiger partial charge in [-0.1, -0.05) is 0 Å². The molecular weight excluding hydrogens is 259 g/mol. The molecule has 0 aliphatic heterocycles. The van der Waals surface area contributed by atoms with Gasteiger partial charge >= 0.3 is 0 Å². The van der Waals surface area contributed by atoms with Crippen LogP contribution in [0.3, 0.4) is 0 Å². The first-order chi connectivity index (χ1) is 8.53. The second-order valence-corrected chi connectivity index (χ2v) is 5.22. The average molecular weight is 270 g/mol. The molecule has 18 heavy (non-hydrogen) atoms. The topological polar surface area (TPSA) is 101 Å². The lowest BCUT2D eigenvalue weighted by molar-refractivity contribution is 0.599. The van der Waals surface area contributed by atoms with Gasteiger partial charge in [0.25, 0.3) is 10.0 Å². The zero-order valence-corrected chi connectivity index (χ0v) is 10.0. The van der Waals surface area contributed by atoms with E-state index in [4.69, 9.17) is 5.73 Å². The molecule has 0 aliphatic rings. The molecule has 0 bridgehead atoms. The molecule has 96 valence electrons. The van der Waals surface area contributed by atoms with Crippen molar-refractivity contribution in [2.75, 3.05) is 4.72 Å². The van der Waals surface area contributed by atoms with Crippen molar-refractivity contribution in [3.63, 3.8) is 0 Å². The Balaban J connectivity index is 2.30. The van der Waals surface area contributed by atoms with Crippen LogP contribution in [-0.4, -0.2) is 18.6 Å². The van der Waals surface area contributed by atoms with Crippen molar-refractivity contribution in [2.24, 2.45) is 5.73 Å². The van der Waals surface area contributed by atoms with Crippen molar-refractivity contribution in [3.05, 3.63) is 41.8 Å². The highest BCUT2D eigenvalue weighted by Crippen LogP contribution is 2.17.